The van der Waals surface area contributed by atoms with Crippen molar-refractivity contribution in [3.05, 3.63) is 11.4 Å². The second-order valence-electron chi connectivity index (χ2n) is 8.09. The van der Waals surface area contributed by atoms with Gasteiger partial charge in [-0.3, -0.25) is 4.79 Å². The Hall–Kier alpha value is -0.890. The Bertz CT molecular complexity index is 597. The number of hydrogen-bond donors (Lipinski definition) is 2. The minimum atomic E-state index is -0.0923. The Labute approximate surface area is 181 Å². The molecule has 1 saturated heterocycles. The molecule has 1 saturated carbocycles. The number of nitrogens with zero attached hydrogens (tertiary/aromatic N) is 4. The van der Waals surface area contributed by atoms with Crippen molar-refractivity contribution in [2.45, 2.75) is 64.0 Å². The van der Waals surface area contributed by atoms with Crippen LogP contribution in [0.15, 0.2) is 0 Å². The van der Waals surface area contributed by atoms with Gasteiger partial charge in [-0.1, -0.05) is 24.5 Å². The van der Waals surface area contributed by atoms with Crippen LogP contribution in [0.5, 0.6) is 0 Å². The Balaban J connectivity index is 0.00000196. The minimum Gasteiger partial charge on any atom is -0.349 e. The zero-order valence-corrected chi connectivity index (χ0v) is 18.9. The van der Waals surface area contributed by atoms with E-state index in [0.29, 0.717) is 30.2 Å². The molecule has 2 fully saturated rings. The van der Waals surface area contributed by atoms with Crippen molar-refractivity contribution in [2.75, 3.05) is 33.7 Å². The lowest BCUT2D eigenvalue weighted by Crippen LogP contribution is -2.45. The summed E-state index contributed by atoms with van der Waals surface area (Å²) in [5.41, 5.74) is 1.36. The van der Waals surface area contributed by atoms with E-state index in [4.69, 9.17) is 0 Å². The van der Waals surface area contributed by atoms with E-state index in [1.54, 1.807) is 0 Å². The van der Waals surface area contributed by atoms with Gasteiger partial charge in [-0.05, 0) is 65.7 Å². The lowest BCUT2D eigenvalue weighted by Gasteiger charge is -2.34. The van der Waals surface area contributed by atoms with Crippen LogP contribution in [0.2, 0.25) is 0 Å². The van der Waals surface area contributed by atoms with Gasteiger partial charge < -0.3 is 15.5 Å². The van der Waals surface area contributed by atoms with Crippen molar-refractivity contribution >= 4 is 30.7 Å². The van der Waals surface area contributed by atoms with Crippen molar-refractivity contribution < 1.29 is 4.79 Å². The van der Waals surface area contributed by atoms with E-state index in [1.807, 2.05) is 11.6 Å². The van der Waals surface area contributed by atoms with Gasteiger partial charge in [-0.25, -0.2) is 4.68 Å². The molecule has 1 aromatic heterocycles. The van der Waals surface area contributed by atoms with Gasteiger partial charge in [0.1, 0.15) is 0 Å². The van der Waals surface area contributed by atoms with Crippen molar-refractivity contribution in [1.29, 1.82) is 0 Å². The first-order valence-electron chi connectivity index (χ1n) is 10.1. The molecule has 1 aromatic rings. The zero-order valence-electron chi connectivity index (χ0n) is 17.3. The van der Waals surface area contributed by atoms with Crippen LogP contribution in [0.3, 0.4) is 0 Å². The van der Waals surface area contributed by atoms with Crippen LogP contribution in [0, 0.1) is 12.8 Å². The molecule has 162 valence electrons. The highest BCUT2D eigenvalue weighted by Crippen LogP contribution is 2.28. The molecule has 2 heterocycles. The lowest BCUT2D eigenvalue weighted by atomic mass is 9.83. The van der Waals surface area contributed by atoms with Gasteiger partial charge in [0.25, 0.3) is 5.91 Å². The molecular weight excluding hydrogens is 399 g/mol. The highest BCUT2D eigenvalue weighted by atomic mass is 35.5. The van der Waals surface area contributed by atoms with Crippen molar-refractivity contribution in [3.63, 3.8) is 0 Å². The summed E-state index contributed by atoms with van der Waals surface area (Å²) in [7, 11) is 4.23. The summed E-state index contributed by atoms with van der Waals surface area (Å²) in [6.45, 7) is 4.63. The number of halogens is 2. The minimum absolute atomic E-state index is 0. The Morgan fingerprint density at radius 2 is 1.82 bits per heavy atom. The Morgan fingerprint density at radius 3 is 2.43 bits per heavy atom. The standard InChI is InChI=1S/C19H34N6O.2ClH/c1-14-18(22-23-25(14)16-9-11-20-12-10-16)19(26)21-13-17(24(2)3)15-7-5-4-6-8-15;;/h15-17,20H,4-13H2,1-3H3,(H,21,26);2*1H. The van der Waals surface area contributed by atoms with Gasteiger partial charge in [0.05, 0.1) is 11.7 Å². The molecule has 2 aliphatic rings. The molecule has 28 heavy (non-hydrogen) atoms. The van der Waals surface area contributed by atoms with Gasteiger partial charge in [0.2, 0.25) is 0 Å². The van der Waals surface area contributed by atoms with Crippen molar-refractivity contribution in [3.8, 4) is 0 Å². The van der Waals surface area contributed by atoms with Gasteiger partial charge >= 0.3 is 0 Å². The molecule has 0 bridgehead atoms. The van der Waals surface area contributed by atoms with Gasteiger partial charge in [0.15, 0.2) is 5.69 Å². The van der Waals surface area contributed by atoms with E-state index in [9.17, 15) is 4.79 Å². The van der Waals surface area contributed by atoms with E-state index >= 15 is 0 Å². The molecule has 3 rings (SSSR count). The number of piperidine rings is 1. The average Bonchev–Trinajstić information content (AvgIpc) is 3.04. The largest absolute Gasteiger partial charge is 0.349 e. The van der Waals surface area contributed by atoms with Gasteiger partial charge in [0, 0.05) is 12.6 Å². The van der Waals surface area contributed by atoms with E-state index in [1.165, 1.54) is 32.1 Å². The van der Waals surface area contributed by atoms with Crippen LogP contribution in [0.25, 0.3) is 0 Å². The number of aromatic nitrogens is 3. The normalized spacial score (nSPS) is 19.6. The molecule has 2 N–H and O–H groups in total. The maximum Gasteiger partial charge on any atom is 0.273 e. The predicted molar refractivity (Wildman–Crippen MR) is 117 cm³/mol. The van der Waals surface area contributed by atoms with Gasteiger partial charge in [-0.2, -0.15) is 0 Å². The number of nitrogens with one attached hydrogen (secondary N) is 2. The Morgan fingerprint density at radius 1 is 1.18 bits per heavy atom. The third-order valence-electron chi connectivity index (χ3n) is 6.13. The number of rotatable bonds is 6. The summed E-state index contributed by atoms with van der Waals surface area (Å²) in [6, 6.07) is 0.737. The second-order valence-corrected chi connectivity index (χ2v) is 8.09. The maximum atomic E-state index is 12.7. The van der Waals surface area contributed by atoms with Crippen molar-refractivity contribution in [1.82, 2.24) is 30.5 Å². The first kappa shape index (κ1) is 25.1. The number of hydrogen-bond acceptors (Lipinski definition) is 5. The highest BCUT2D eigenvalue weighted by Gasteiger charge is 2.27. The Kier molecular flexibility index (Phi) is 10.7. The fourth-order valence-electron chi connectivity index (χ4n) is 4.52. The number of carbonyl (C=O) groups is 1. The molecule has 1 aliphatic carbocycles. The smallest absolute Gasteiger partial charge is 0.273 e. The van der Waals surface area contributed by atoms with Crippen LogP contribution in [-0.2, 0) is 0 Å². The van der Waals surface area contributed by atoms with E-state index < -0.39 is 0 Å². The van der Waals surface area contributed by atoms with Crippen LogP contribution in [0.4, 0.5) is 0 Å². The molecule has 1 atom stereocenters. The van der Waals surface area contributed by atoms with Crippen LogP contribution >= 0.6 is 24.8 Å². The van der Waals surface area contributed by atoms with E-state index in [2.05, 4.69) is 39.9 Å². The third kappa shape index (κ3) is 6.05. The third-order valence-corrected chi connectivity index (χ3v) is 6.13. The first-order chi connectivity index (χ1) is 12.6. The van der Waals surface area contributed by atoms with E-state index in [-0.39, 0.29) is 30.7 Å². The maximum absolute atomic E-state index is 12.7. The fourth-order valence-corrected chi connectivity index (χ4v) is 4.52. The highest BCUT2D eigenvalue weighted by molar-refractivity contribution is 5.93. The lowest BCUT2D eigenvalue weighted by molar-refractivity contribution is 0.0916. The zero-order chi connectivity index (χ0) is 18.5. The molecule has 9 heteroatoms. The predicted octanol–water partition coefficient (Wildman–Crippen LogP) is 2.59. The fraction of sp³-hybridized carbons (Fsp3) is 0.842. The molecule has 1 amide bonds. The van der Waals surface area contributed by atoms with Crippen molar-refractivity contribution in [2.24, 2.45) is 5.92 Å². The summed E-state index contributed by atoms with van der Waals surface area (Å²) in [5, 5.41) is 15.0. The summed E-state index contributed by atoms with van der Waals surface area (Å²) in [6.07, 6.45) is 8.58. The first-order valence-corrected chi connectivity index (χ1v) is 10.1. The molecule has 0 radical (unpaired) electrons. The molecule has 7 nitrogen and oxygen atoms in total. The number of carbonyl (C=O) groups excluding carboxylic acids is 1. The van der Waals surface area contributed by atoms with Crippen LogP contribution in [-0.4, -0.2) is 65.6 Å². The summed E-state index contributed by atoms with van der Waals surface area (Å²) < 4.78 is 1.94. The number of likely N-dealkylation sites (N-methyl/N-ethyl adjacent to an activating group) is 1. The molecule has 0 spiro atoms. The van der Waals surface area contributed by atoms with Crippen LogP contribution < -0.4 is 10.6 Å². The summed E-state index contributed by atoms with van der Waals surface area (Å²) in [5.74, 6) is 0.580. The molecule has 0 aromatic carbocycles. The average molecular weight is 435 g/mol. The molecular formula is C19H36Cl2N6O. The van der Waals surface area contributed by atoms with E-state index in [0.717, 1.165) is 31.6 Å². The quantitative estimate of drug-likeness (QED) is 0.719. The molecule has 1 aliphatic heterocycles. The monoisotopic (exact) mass is 434 g/mol. The van der Waals surface area contributed by atoms with Crippen LogP contribution in [0.1, 0.15) is 67.2 Å². The SMILES string of the molecule is Cc1c(C(=O)NCC(C2CCCCC2)N(C)C)nnn1C1CCNCC1.Cl.Cl. The summed E-state index contributed by atoms with van der Waals surface area (Å²) >= 11 is 0. The number of amides is 1. The summed E-state index contributed by atoms with van der Waals surface area (Å²) in [4.78, 5) is 15.0. The molecule has 1 unspecified atom stereocenters. The van der Waals surface area contributed by atoms with Gasteiger partial charge in [-0.15, -0.1) is 29.9 Å². The topological polar surface area (TPSA) is 75.1 Å². The second kappa shape index (κ2) is 12.0.